The number of hydrogen-bond donors (Lipinski definition) is 2. The van der Waals surface area contributed by atoms with Crippen LogP contribution in [-0.4, -0.2) is 112 Å². The van der Waals surface area contributed by atoms with Crippen LogP contribution in [0.3, 0.4) is 0 Å². The summed E-state index contributed by atoms with van der Waals surface area (Å²) in [6, 6.07) is 3.56. The van der Waals surface area contributed by atoms with Gasteiger partial charge in [0.2, 0.25) is 0 Å². The Labute approximate surface area is 414 Å². The van der Waals surface area contributed by atoms with Crippen LogP contribution < -0.4 is 0 Å². The predicted octanol–water partition coefficient (Wildman–Crippen LogP) is 11.3. The molecular formula is C46H12F18N8O6. The molecule has 0 saturated heterocycles. The van der Waals surface area contributed by atoms with E-state index in [1.807, 2.05) is 0 Å². The molecule has 0 spiro atoms. The molecule has 2 N–H and O–H groups in total. The molecule has 8 bridgehead atoms. The van der Waals surface area contributed by atoms with Crippen LogP contribution in [-0.2, 0) is 0 Å². The fourth-order valence-electron chi connectivity index (χ4n) is 8.06. The van der Waals surface area contributed by atoms with Crippen molar-refractivity contribution in [3.05, 3.63) is 93.5 Å². The zero-order valence-corrected chi connectivity index (χ0v) is 36.7. The van der Waals surface area contributed by atoms with E-state index in [2.05, 4.69) is 45.8 Å². The summed E-state index contributed by atoms with van der Waals surface area (Å²) in [7, 11) is 0. The maximum Gasteiger partial charge on any atom is 0.454 e. The molecule has 14 nitrogen and oxygen atoms in total. The van der Waals surface area contributed by atoms with E-state index in [0.29, 0.717) is 0 Å². The van der Waals surface area contributed by atoms with Crippen LogP contribution in [0.1, 0.15) is 67.7 Å². The zero-order valence-electron chi connectivity index (χ0n) is 36.7. The lowest BCUT2D eigenvalue weighted by molar-refractivity contribution is -0.0908. The van der Waals surface area contributed by atoms with Crippen molar-refractivity contribution in [2.45, 2.75) is 37.1 Å². The molecule has 4 aromatic carbocycles. The molecule has 0 radical (unpaired) electrons. The second-order valence-corrected chi connectivity index (χ2v) is 16.3. The number of alkyl halides is 18. The van der Waals surface area contributed by atoms with Gasteiger partial charge in [0.05, 0.1) is 0 Å². The molecule has 32 heteroatoms. The van der Waals surface area contributed by atoms with E-state index in [-0.39, 0.29) is 52.7 Å². The van der Waals surface area contributed by atoms with Crippen molar-refractivity contribution < 1.29 is 108 Å². The van der Waals surface area contributed by atoms with Crippen molar-refractivity contribution in [3.63, 3.8) is 0 Å². The Morgan fingerprint density at radius 1 is 0.333 bits per heavy atom. The third kappa shape index (κ3) is 9.07. The van der Waals surface area contributed by atoms with E-state index in [0.717, 1.165) is 6.07 Å². The molecule has 78 heavy (non-hydrogen) atoms. The number of ketones is 6. The molecule has 3 aromatic heterocycles. The lowest BCUT2D eigenvalue weighted by atomic mass is 9.93. The summed E-state index contributed by atoms with van der Waals surface area (Å²) in [6.45, 7) is 0. The maximum atomic E-state index is 14.1. The third-order valence-electron chi connectivity index (χ3n) is 11.4. The monoisotopic (exact) mass is 1110 g/mol. The van der Waals surface area contributed by atoms with E-state index < -0.39 is 184 Å². The standard InChI is InChI=1S/C46H12F18N8O6/c1-2-12-3-4-13-20(5-12)34-65-33(13)66-35-21-6-14(27(73)41(47,48)49)15(28(74)42(50,51)52)7-22(21)37(68-35)70-39-25-10-18(31(77)45(59,60)61)19(32(78)46(62,63)64)11-26(25)40(72-39)71-38-24-9-17(30(76)44(56,57)58)16(29(75)43(53,54)55)8-23(24)36(67-34)69-38/h1,3-11H,(H2,65,66,67,68,69,70,71,72). The number of carbonyl (C=O) groups is 6. The molecule has 2 aliphatic rings. The van der Waals surface area contributed by atoms with Crippen LogP contribution >= 0.6 is 0 Å². The van der Waals surface area contributed by atoms with E-state index in [1.54, 1.807) is 0 Å². The number of benzene rings is 4. The summed E-state index contributed by atoms with van der Waals surface area (Å²) in [5.41, 5.74) is -19.3. The van der Waals surface area contributed by atoms with Gasteiger partial charge in [-0.3, -0.25) is 28.8 Å². The molecule has 7 aromatic rings. The molecule has 5 heterocycles. The Kier molecular flexibility index (Phi) is 11.8. The van der Waals surface area contributed by atoms with E-state index in [1.165, 1.54) is 12.1 Å². The normalized spacial score (nSPS) is 13.0. The average Bonchev–Trinajstić information content (AvgIpc) is 4.20. The summed E-state index contributed by atoms with van der Waals surface area (Å²) >= 11 is 0. The smallest absolute Gasteiger partial charge is 0.324 e. The number of H-pyrrole nitrogens is 2. The van der Waals surface area contributed by atoms with Crippen molar-refractivity contribution in [2.75, 3.05) is 0 Å². The van der Waals surface area contributed by atoms with Gasteiger partial charge in [0, 0.05) is 82.7 Å². The zero-order chi connectivity index (χ0) is 57.5. The molecule has 2 aliphatic heterocycles. The second-order valence-electron chi connectivity index (χ2n) is 16.3. The quantitative estimate of drug-likeness (QED) is 0.0905. The first-order valence-electron chi connectivity index (χ1n) is 20.6. The summed E-state index contributed by atoms with van der Waals surface area (Å²) in [6.07, 6.45) is -30.8. The highest BCUT2D eigenvalue weighted by molar-refractivity contribution is 6.19. The predicted molar refractivity (Wildman–Crippen MR) is 226 cm³/mol. The van der Waals surface area contributed by atoms with Crippen molar-refractivity contribution >= 4 is 78.8 Å². The second kappa shape index (κ2) is 17.3. The summed E-state index contributed by atoms with van der Waals surface area (Å²) in [5, 5.41) is -2.50. The van der Waals surface area contributed by atoms with Crippen LogP contribution in [0, 0.1) is 12.3 Å². The largest absolute Gasteiger partial charge is 0.454 e. The Morgan fingerprint density at radius 3 is 0.808 bits per heavy atom. The Balaban J connectivity index is 1.54. The first-order chi connectivity index (χ1) is 35.9. The number of nitrogens with zero attached hydrogens (tertiary/aromatic N) is 6. The van der Waals surface area contributed by atoms with Gasteiger partial charge < -0.3 is 9.97 Å². The lowest BCUT2D eigenvalue weighted by Gasteiger charge is -2.14. The van der Waals surface area contributed by atoms with Crippen LogP contribution in [0.5, 0.6) is 0 Å². The molecule has 0 saturated carbocycles. The molecule has 398 valence electrons. The van der Waals surface area contributed by atoms with Crippen molar-refractivity contribution in [1.29, 1.82) is 0 Å². The lowest BCUT2D eigenvalue weighted by Crippen LogP contribution is -2.29. The SMILES string of the molecule is C#Cc1ccc2c3nc4nc(nc5[nH]c(nc6nc(nc([nH]3)c2c1)-c1cc(C(=O)C(F)(F)F)c(C(=O)C(F)(F)F)cc1-6)c1cc(C(=O)C(F)(F)F)c(C(=O)C(F)(F)F)cc51)-c1cc(C(=O)C(F)(F)F)c(C(=O)C(F)(F)F)cc1-4. The number of aromatic amines is 2. The van der Waals surface area contributed by atoms with Gasteiger partial charge in [0.15, 0.2) is 23.3 Å². The molecule has 0 fully saturated rings. The minimum absolute atomic E-state index is 0.00689. The first-order valence-corrected chi connectivity index (χ1v) is 20.6. The Bertz CT molecular complexity index is 4160. The topological polar surface area (TPSA) is 211 Å². The first kappa shape index (κ1) is 53.4. The van der Waals surface area contributed by atoms with Crippen molar-refractivity contribution in [3.8, 4) is 57.9 Å². The molecule has 0 amide bonds. The molecular weight excluding hydrogens is 1100 g/mol. The minimum atomic E-state index is -6.10. The Hall–Kier alpha value is -9.44. The number of hydrogen-bond acceptors (Lipinski definition) is 12. The van der Waals surface area contributed by atoms with Gasteiger partial charge in [-0.2, -0.15) is 79.0 Å². The summed E-state index contributed by atoms with van der Waals surface area (Å²) in [4.78, 5) is 106. The number of terminal acetylenes is 1. The number of halogens is 18. The maximum absolute atomic E-state index is 14.1. The van der Waals surface area contributed by atoms with Crippen LogP contribution in [0.4, 0.5) is 79.0 Å². The molecule has 0 unspecified atom stereocenters. The molecule has 9 rings (SSSR count). The van der Waals surface area contributed by atoms with E-state index in [9.17, 15) is 108 Å². The van der Waals surface area contributed by atoms with E-state index in [4.69, 9.17) is 6.42 Å². The minimum Gasteiger partial charge on any atom is -0.324 e. The summed E-state index contributed by atoms with van der Waals surface area (Å²) in [5.74, 6) is -20.5. The third-order valence-corrected chi connectivity index (χ3v) is 11.4. The van der Waals surface area contributed by atoms with Crippen LogP contribution in [0.2, 0.25) is 0 Å². The number of rotatable bonds is 6. The Morgan fingerprint density at radius 2 is 0.564 bits per heavy atom. The van der Waals surface area contributed by atoms with Gasteiger partial charge in [0.1, 0.15) is 22.6 Å². The van der Waals surface area contributed by atoms with Gasteiger partial charge >= 0.3 is 37.1 Å². The fourth-order valence-corrected chi connectivity index (χ4v) is 8.06. The fraction of sp³-hybridized carbons (Fsp3) is 0.130. The average molecular weight is 1110 g/mol. The van der Waals surface area contributed by atoms with Gasteiger partial charge in [-0.15, -0.1) is 6.42 Å². The van der Waals surface area contributed by atoms with Gasteiger partial charge in [-0.25, -0.2) is 29.9 Å². The van der Waals surface area contributed by atoms with Crippen molar-refractivity contribution in [2.24, 2.45) is 0 Å². The summed E-state index contributed by atoms with van der Waals surface area (Å²) < 4.78 is 253. The van der Waals surface area contributed by atoms with Crippen LogP contribution in [0.15, 0.2) is 54.6 Å². The molecule has 0 aliphatic carbocycles. The number of fused-ring (bicyclic) bond motifs is 20. The van der Waals surface area contributed by atoms with Crippen LogP contribution in [0.25, 0.3) is 89.7 Å². The number of aromatic nitrogens is 8. The van der Waals surface area contributed by atoms with Gasteiger partial charge in [-0.05, 0) is 54.6 Å². The van der Waals surface area contributed by atoms with Crippen molar-refractivity contribution in [1.82, 2.24) is 39.9 Å². The number of nitrogens with one attached hydrogen (secondary N) is 2. The molecule has 0 atom stereocenters. The highest BCUT2D eigenvalue weighted by Crippen LogP contribution is 2.43. The number of Topliss-reactive ketones (excluding diaryl/α,β-unsaturated/α-hetero) is 6. The van der Waals surface area contributed by atoms with Gasteiger partial charge in [0.25, 0.3) is 34.7 Å². The highest BCUT2D eigenvalue weighted by atomic mass is 19.4. The van der Waals surface area contributed by atoms with Gasteiger partial charge in [-0.1, -0.05) is 5.92 Å². The highest BCUT2D eigenvalue weighted by Gasteiger charge is 2.50. The van der Waals surface area contributed by atoms with E-state index >= 15 is 0 Å². The number of carbonyl (C=O) groups excluding carboxylic acids is 6.